The minimum absolute atomic E-state index is 0.232. The molecule has 1 saturated heterocycles. The molecule has 10 heteroatoms. The number of ether oxygens (including phenoxy) is 1. The number of imide groups is 1. The van der Waals surface area contributed by atoms with E-state index >= 15 is 0 Å². The Kier molecular flexibility index (Phi) is 10.7. The Morgan fingerprint density at radius 3 is 2.53 bits per heavy atom. The number of alkyl carbamates (subject to hydrolysis) is 1. The van der Waals surface area contributed by atoms with Crippen molar-refractivity contribution in [3.05, 3.63) is 35.9 Å². The van der Waals surface area contributed by atoms with Crippen LogP contribution in [0.15, 0.2) is 30.3 Å². The number of hydrogen-bond donors (Lipinski definition) is 2. The Morgan fingerprint density at radius 2 is 1.88 bits per heavy atom. The Morgan fingerprint density at radius 1 is 1.16 bits per heavy atom. The van der Waals surface area contributed by atoms with E-state index in [0.717, 1.165) is 24.8 Å². The van der Waals surface area contributed by atoms with Gasteiger partial charge in [0.2, 0.25) is 0 Å². The lowest BCUT2D eigenvalue weighted by atomic mass is 10.2. The molecule has 9 nitrogen and oxygen atoms in total. The number of carboxylic acid groups (broad SMARTS) is 1. The molecule has 1 aromatic carbocycles. The van der Waals surface area contributed by atoms with Gasteiger partial charge in [0.1, 0.15) is 19.3 Å². The molecule has 32 heavy (non-hydrogen) atoms. The number of carbonyl (C=O) groups is 3. The number of likely N-dealkylation sites (tertiary alicyclic amines) is 1. The van der Waals surface area contributed by atoms with Gasteiger partial charge < -0.3 is 15.2 Å². The fourth-order valence-corrected chi connectivity index (χ4v) is 4.73. The van der Waals surface area contributed by atoms with Gasteiger partial charge in [-0.15, -0.1) is 4.52 Å². The molecule has 1 aliphatic heterocycles. The average molecular weight is 468 g/mol. The zero-order valence-corrected chi connectivity index (χ0v) is 19.4. The summed E-state index contributed by atoms with van der Waals surface area (Å²) in [5.41, 5.74) is 0.928. The number of hydrogen-bond acceptors (Lipinski definition) is 6. The maximum Gasteiger partial charge on any atom is 0.522 e. The van der Waals surface area contributed by atoms with E-state index in [9.17, 15) is 24.1 Å². The van der Waals surface area contributed by atoms with Crippen molar-refractivity contribution in [3.63, 3.8) is 0 Å². The number of benzene rings is 1. The third-order valence-corrected chi connectivity index (χ3v) is 6.72. The molecule has 2 rings (SSSR count). The monoisotopic (exact) mass is 468 g/mol. The van der Waals surface area contributed by atoms with Crippen LogP contribution in [-0.4, -0.2) is 59.6 Å². The number of nitrogens with zero attached hydrogens (tertiary/aromatic N) is 1. The number of nitrogens with one attached hydrogen (secondary N) is 1. The van der Waals surface area contributed by atoms with Crippen LogP contribution in [0, 0.1) is 0 Å². The molecule has 176 valence electrons. The summed E-state index contributed by atoms with van der Waals surface area (Å²) in [6, 6.07) is 9.13. The van der Waals surface area contributed by atoms with Gasteiger partial charge in [-0.1, -0.05) is 43.2 Å². The summed E-state index contributed by atoms with van der Waals surface area (Å²) in [6.07, 6.45) is 2.45. The fourth-order valence-electron chi connectivity index (χ4n) is 3.83. The van der Waals surface area contributed by atoms with E-state index in [-0.39, 0.29) is 32.0 Å². The van der Waals surface area contributed by atoms with Gasteiger partial charge in [-0.2, -0.15) is 9.28 Å². The lowest BCUT2D eigenvalue weighted by Crippen LogP contribution is -2.59. The molecule has 0 spiro atoms. The summed E-state index contributed by atoms with van der Waals surface area (Å²) in [6.45, 7) is 2.97. The van der Waals surface area contributed by atoms with E-state index in [1.807, 2.05) is 30.3 Å². The number of amides is 3. The van der Waals surface area contributed by atoms with Crippen LogP contribution in [0.2, 0.25) is 0 Å². The number of rotatable bonds is 12. The quantitative estimate of drug-likeness (QED) is 0.264. The van der Waals surface area contributed by atoms with Crippen LogP contribution in [-0.2, 0) is 25.2 Å². The minimum atomic E-state index is -2.22. The van der Waals surface area contributed by atoms with Crippen LogP contribution in [0.4, 0.5) is 9.59 Å². The number of carbonyl (C=O) groups excluding carboxylic acids is 2. The molecule has 1 aromatic rings. The van der Waals surface area contributed by atoms with Crippen LogP contribution in [0.3, 0.4) is 0 Å². The topological polar surface area (TPSA) is 119 Å². The zero-order valence-electron chi connectivity index (χ0n) is 18.5. The summed E-state index contributed by atoms with van der Waals surface area (Å²) >= 11 is 0. The van der Waals surface area contributed by atoms with Gasteiger partial charge in [0.25, 0.3) is 6.16 Å². The molecule has 3 atom stereocenters. The van der Waals surface area contributed by atoms with Crippen molar-refractivity contribution < 1.29 is 37.8 Å². The highest BCUT2D eigenvalue weighted by molar-refractivity contribution is 7.40. The van der Waals surface area contributed by atoms with Crippen LogP contribution in [0.5, 0.6) is 0 Å². The molecule has 1 fully saturated rings. The first-order valence-corrected chi connectivity index (χ1v) is 12.4. The Labute approximate surface area is 189 Å². The smallest absolute Gasteiger partial charge is 0.445 e. The van der Waals surface area contributed by atoms with Crippen molar-refractivity contribution in [2.24, 2.45) is 0 Å². The van der Waals surface area contributed by atoms with E-state index in [0.29, 0.717) is 25.8 Å². The third-order valence-electron chi connectivity index (χ3n) is 5.72. The standard InChI is InChI=1S/C22H31N2O7P/c1-18-10-9-14-24(18,22(27)28)20(25)17-32(29)31-15-8-3-2-7-13-23-21(26)30-16-19-11-5-4-6-12-19/h4-6,11-12,18H,2-3,7-10,13-17H2,1H3/p+2/t18-,24?/m1/s1. The maximum atomic E-state index is 12.5. The average Bonchev–Trinajstić information content (AvgIpc) is 3.17. The lowest BCUT2D eigenvalue weighted by molar-refractivity contribution is -0.791. The SMILES string of the molecule is C[C@@H]1CCC[N+]1(C(=O)O)C(=O)C[P+](=O)OCCCCCCNC(=O)OCc1ccccc1. The first kappa shape index (κ1) is 25.9. The van der Waals surface area contributed by atoms with Crippen LogP contribution >= 0.6 is 8.03 Å². The number of quaternary nitrogens is 1. The lowest BCUT2D eigenvalue weighted by Gasteiger charge is -2.27. The molecule has 0 aliphatic carbocycles. The molecule has 2 unspecified atom stereocenters. The van der Waals surface area contributed by atoms with Crippen LogP contribution in [0.1, 0.15) is 51.0 Å². The van der Waals surface area contributed by atoms with Crippen molar-refractivity contribution in [2.75, 3.05) is 25.9 Å². The van der Waals surface area contributed by atoms with E-state index in [2.05, 4.69) is 5.32 Å². The van der Waals surface area contributed by atoms with Gasteiger partial charge in [0.05, 0.1) is 6.54 Å². The molecular weight excluding hydrogens is 435 g/mol. The molecule has 0 aromatic heterocycles. The summed E-state index contributed by atoms with van der Waals surface area (Å²) < 4.78 is 21.8. The normalized spacial score (nSPS) is 20.5. The van der Waals surface area contributed by atoms with Crippen LogP contribution in [0.25, 0.3) is 0 Å². The van der Waals surface area contributed by atoms with Crippen molar-refractivity contribution in [2.45, 2.75) is 58.1 Å². The molecule has 2 N–H and O–H groups in total. The largest absolute Gasteiger partial charge is 0.522 e. The molecule has 0 saturated carbocycles. The second-order valence-corrected chi connectivity index (χ2v) is 9.23. The highest BCUT2D eigenvalue weighted by atomic mass is 31.1. The predicted molar refractivity (Wildman–Crippen MR) is 118 cm³/mol. The first-order valence-electron chi connectivity index (χ1n) is 11.0. The Bertz CT molecular complexity index is 790. The Hall–Kier alpha value is -2.35. The second-order valence-electron chi connectivity index (χ2n) is 7.99. The summed E-state index contributed by atoms with van der Waals surface area (Å²) in [5, 5.41) is 12.2. The predicted octanol–water partition coefficient (Wildman–Crippen LogP) is 4.44. The van der Waals surface area contributed by atoms with Gasteiger partial charge in [0, 0.05) is 19.4 Å². The van der Waals surface area contributed by atoms with Crippen molar-refractivity contribution in [1.29, 1.82) is 0 Å². The second kappa shape index (κ2) is 13.3. The van der Waals surface area contributed by atoms with Crippen molar-refractivity contribution in [1.82, 2.24) is 5.32 Å². The van der Waals surface area contributed by atoms with Gasteiger partial charge >= 0.3 is 26.1 Å². The minimum Gasteiger partial charge on any atom is -0.445 e. The van der Waals surface area contributed by atoms with E-state index < -0.39 is 30.6 Å². The summed E-state index contributed by atoms with van der Waals surface area (Å²) in [5.74, 6) is -0.547. The van der Waals surface area contributed by atoms with Crippen molar-refractivity contribution >= 4 is 26.1 Å². The van der Waals surface area contributed by atoms with Gasteiger partial charge in [0.15, 0.2) is 0 Å². The van der Waals surface area contributed by atoms with Crippen LogP contribution < -0.4 is 5.32 Å². The third kappa shape index (κ3) is 7.65. The highest BCUT2D eigenvalue weighted by Gasteiger charge is 2.55. The van der Waals surface area contributed by atoms with Crippen molar-refractivity contribution in [3.8, 4) is 0 Å². The Balaban J connectivity index is 1.51. The van der Waals surface area contributed by atoms with E-state index in [4.69, 9.17) is 9.26 Å². The fraction of sp³-hybridized carbons (Fsp3) is 0.591. The maximum absolute atomic E-state index is 12.5. The molecule has 0 radical (unpaired) electrons. The van der Waals surface area contributed by atoms with Gasteiger partial charge in [-0.25, -0.2) is 9.59 Å². The number of unbranched alkanes of at least 4 members (excludes halogenated alkanes) is 3. The molecule has 3 amide bonds. The van der Waals surface area contributed by atoms with E-state index in [1.54, 1.807) is 6.92 Å². The molecular formula is C22H33N2O7P+2. The summed E-state index contributed by atoms with van der Waals surface area (Å²) in [7, 11) is -2.22. The zero-order chi connectivity index (χ0) is 23.4. The summed E-state index contributed by atoms with van der Waals surface area (Å²) in [4.78, 5) is 35.8. The molecule has 1 aliphatic rings. The van der Waals surface area contributed by atoms with Gasteiger partial charge in [-0.05, 0) is 29.9 Å². The molecule has 1 heterocycles. The highest BCUT2D eigenvalue weighted by Crippen LogP contribution is 2.32. The van der Waals surface area contributed by atoms with E-state index in [1.165, 1.54) is 0 Å². The molecule has 0 bridgehead atoms. The first-order chi connectivity index (χ1) is 15.4. The van der Waals surface area contributed by atoms with Gasteiger partial charge in [-0.3, -0.25) is 0 Å².